The smallest absolute Gasteiger partial charge is 0.270 e. The molecule has 0 saturated carbocycles. The van der Waals surface area contributed by atoms with Gasteiger partial charge in [-0.1, -0.05) is 0 Å². The predicted molar refractivity (Wildman–Crippen MR) is 158 cm³/mol. The second-order valence-corrected chi connectivity index (χ2v) is 11.3. The molecule has 2 saturated heterocycles. The van der Waals surface area contributed by atoms with Crippen LogP contribution >= 0.6 is 0 Å². The largest absolute Gasteiger partial charge is 0.496 e. The Morgan fingerprint density at radius 2 is 1.69 bits per heavy atom. The van der Waals surface area contributed by atoms with Gasteiger partial charge in [0, 0.05) is 92.9 Å². The van der Waals surface area contributed by atoms with Gasteiger partial charge in [0.25, 0.3) is 5.92 Å². The molecule has 3 aromatic rings. The summed E-state index contributed by atoms with van der Waals surface area (Å²) >= 11 is 0. The minimum atomic E-state index is -3.17. The fourth-order valence-electron chi connectivity index (χ4n) is 5.85. The maximum absolute atomic E-state index is 14.2. The molecule has 1 aromatic carbocycles. The van der Waals surface area contributed by atoms with Gasteiger partial charge in [-0.15, -0.1) is 0 Å². The van der Waals surface area contributed by atoms with Crippen LogP contribution in [0.3, 0.4) is 0 Å². The lowest BCUT2D eigenvalue weighted by Gasteiger charge is -2.42. The van der Waals surface area contributed by atoms with Gasteiger partial charge in [-0.3, -0.25) is 4.90 Å². The van der Waals surface area contributed by atoms with Crippen molar-refractivity contribution >= 4 is 11.6 Å². The number of likely N-dealkylation sites (N-methyl/N-ethyl adjacent to an activating group) is 1. The molecule has 0 spiro atoms. The summed E-state index contributed by atoms with van der Waals surface area (Å²) in [6.45, 7) is 8.66. The number of ether oxygens (including phenoxy) is 2. The van der Waals surface area contributed by atoms with Crippen molar-refractivity contribution in [2.75, 3.05) is 64.1 Å². The van der Waals surface area contributed by atoms with E-state index in [4.69, 9.17) is 20.2 Å². The number of hydrogen-bond acceptors (Lipinski definition) is 8. The van der Waals surface area contributed by atoms with E-state index in [0.29, 0.717) is 22.9 Å². The maximum Gasteiger partial charge on any atom is 0.270 e. The van der Waals surface area contributed by atoms with Crippen LogP contribution in [0.25, 0.3) is 11.1 Å². The second-order valence-electron chi connectivity index (χ2n) is 11.3. The minimum absolute atomic E-state index is 0.0345. The van der Waals surface area contributed by atoms with Gasteiger partial charge >= 0.3 is 0 Å². The summed E-state index contributed by atoms with van der Waals surface area (Å²) in [5.41, 5.74) is 7.14. The number of anilines is 2. The highest BCUT2D eigenvalue weighted by Gasteiger charge is 2.31. The van der Waals surface area contributed by atoms with Crippen molar-refractivity contribution in [2.45, 2.75) is 44.8 Å². The van der Waals surface area contributed by atoms with Gasteiger partial charge in [-0.05, 0) is 51.1 Å². The van der Waals surface area contributed by atoms with E-state index in [2.05, 4.69) is 26.7 Å². The van der Waals surface area contributed by atoms with Crippen LogP contribution < -0.4 is 20.1 Å². The number of nitrogen functional groups attached to an aromatic ring is 1. The van der Waals surface area contributed by atoms with Gasteiger partial charge in [-0.25, -0.2) is 23.1 Å². The van der Waals surface area contributed by atoms with Gasteiger partial charge in [0.05, 0.1) is 7.11 Å². The van der Waals surface area contributed by atoms with Crippen LogP contribution in [0.15, 0.2) is 42.7 Å². The van der Waals surface area contributed by atoms with E-state index in [9.17, 15) is 13.2 Å². The van der Waals surface area contributed by atoms with Crippen molar-refractivity contribution in [3.63, 3.8) is 0 Å². The molecule has 0 amide bonds. The van der Waals surface area contributed by atoms with Crippen molar-refractivity contribution in [3.8, 4) is 22.6 Å². The summed E-state index contributed by atoms with van der Waals surface area (Å²) in [6.07, 6.45) is 4.59. The number of pyridine rings is 2. The molecule has 2 aliphatic rings. The first-order chi connectivity index (χ1) is 20.0. The van der Waals surface area contributed by atoms with Crippen molar-refractivity contribution in [1.82, 2.24) is 19.8 Å². The Morgan fingerprint density at radius 1 is 0.976 bits per heavy atom. The highest BCUT2D eigenvalue weighted by atomic mass is 19.3. The van der Waals surface area contributed by atoms with Gasteiger partial charge < -0.3 is 25.0 Å². The molecule has 8 nitrogen and oxygen atoms in total. The average Bonchev–Trinajstić information content (AvgIpc) is 2.98. The Balaban J connectivity index is 1.32. The Labute approximate surface area is 245 Å². The van der Waals surface area contributed by atoms with Crippen LogP contribution in [0.1, 0.15) is 43.9 Å². The number of piperazine rings is 1. The number of nitrogens with two attached hydrogens (primary N) is 1. The molecule has 1 unspecified atom stereocenters. The number of alkyl halides is 2. The fraction of sp³-hybridized carbons (Fsp3) is 0.484. The Bertz CT molecular complexity index is 1390. The molecular formula is C31H39F3N6O2. The lowest BCUT2D eigenvalue weighted by atomic mass is 9.98. The summed E-state index contributed by atoms with van der Waals surface area (Å²) < 4.78 is 54.2. The molecule has 42 heavy (non-hydrogen) atoms. The van der Waals surface area contributed by atoms with Crippen molar-refractivity contribution in [2.24, 2.45) is 0 Å². The van der Waals surface area contributed by atoms with E-state index in [1.54, 1.807) is 32.5 Å². The maximum atomic E-state index is 14.2. The molecule has 2 N–H and O–H groups in total. The van der Waals surface area contributed by atoms with E-state index in [1.807, 2.05) is 6.07 Å². The van der Waals surface area contributed by atoms with Gasteiger partial charge in [0.1, 0.15) is 23.5 Å². The Hall–Kier alpha value is -3.57. The van der Waals surface area contributed by atoms with Crippen LogP contribution in [0.4, 0.5) is 24.8 Å². The fourth-order valence-corrected chi connectivity index (χ4v) is 5.85. The van der Waals surface area contributed by atoms with E-state index in [-0.39, 0.29) is 22.7 Å². The highest BCUT2D eigenvalue weighted by molar-refractivity contribution is 5.73. The number of benzene rings is 1. The number of hydrogen-bond donors (Lipinski definition) is 1. The van der Waals surface area contributed by atoms with Crippen LogP contribution in [0, 0.1) is 5.82 Å². The van der Waals surface area contributed by atoms with Gasteiger partial charge in [-0.2, -0.15) is 0 Å². The molecular weight excluding hydrogens is 545 g/mol. The topological polar surface area (TPSA) is 80.0 Å². The number of halogens is 3. The number of rotatable bonds is 8. The molecule has 4 heterocycles. The Kier molecular flexibility index (Phi) is 8.79. The van der Waals surface area contributed by atoms with Crippen molar-refractivity contribution in [3.05, 3.63) is 59.7 Å². The predicted octanol–water partition coefficient (Wildman–Crippen LogP) is 5.34. The van der Waals surface area contributed by atoms with Crippen LogP contribution in [0.2, 0.25) is 0 Å². The first kappa shape index (κ1) is 29.9. The van der Waals surface area contributed by atoms with E-state index >= 15 is 0 Å². The molecule has 226 valence electrons. The molecule has 0 aliphatic carbocycles. The van der Waals surface area contributed by atoms with E-state index < -0.39 is 17.8 Å². The van der Waals surface area contributed by atoms with Crippen LogP contribution in [-0.4, -0.2) is 79.2 Å². The zero-order valence-corrected chi connectivity index (χ0v) is 24.6. The van der Waals surface area contributed by atoms with Crippen molar-refractivity contribution < 1.29 is 22.6 Å². The third-order valence-electron chi connectivity index (χ3n) is 8.34. The number of methoxy groups -OCH3 is 1. The molecule has 5 rings (SSSR count). The highest BCUT2D eigenvalue weighted by Crippen LogP contribution is 2.39. The summed E-state index contributed by atoms with van der Waals surface area (Å²) in [7, 11) is 3.78. The number of nitrogens with zero attached hydrogens (tertiary/aromatic N) is 5. The van der Waals surface area contributed by atoms with E-state index in [0.717, 1.165) is 83.1 Å². The SMILES string of the molecule is COc1cc(N2CCC(N3CCN(C)CC3)CC2)ncc1-c1cnc(N)c(OC(C)c2cc(F)ccc2C(C)(F)F)c1. The second kappa shape index (κ2) is 12.3. The monoisotopic (exact) mass is 584 g/mol. The van der Waals surface area contributed by atoms with E-state index in [1.165, 1.54) is 0 Å². The summed E-state index contributed by atoms with van der Waals surface area (Å²) in [5, 5.41) is 0. The molecule has 2 aliphatic heterocycles. The summed E-state index contributed by atoms with van der Waals surface area (Å²) in [5.74, 6) is -2.07. The first-order valence-corrected chi connectivity index (χ1v) is 14.4. The van der Waals surface area contributed by atoms with Gasteiger partial charge in [0.15, 0.2) is 11.6 Å². The molecule has 2 aromatic heterocycles. The molecule has 11 heteroatoms. The normalized spacial score (nSPS) is 18.2. The summed E-state index contributed by atoms with van der Waals surface area (Å²) in [6, 6.07) is 7.35. The quantitative estimate of drug-likeness (QED) is 0.380. The third-order valence-corrected chi connectivity index (χ3v) is 8.34. The zero-order chi connectivity index (χ0) is 30.0. The molecule has 2 fully saturated rings. The lowest BCUT2D eigenvalue weighted by Crippen LogP contribution is -2.52. The lowest BCUT2D eigenvalue weighted by molar-refractivity contribution is 0.0145. The van der Waals surface area contributed by atoms with Crippen LogP contribution in [-0.2, 0) is 5.92 Å². The summed E-state index contributed by atoms with van der Waals surface area (Å²) in [4.78, 5) is 16.3. The van der Waals surface area contributed by atoms with Crippen LogP contribution in [0.5, 0.6) is 11.5 Å². The number of aromatic nitrogens is 2. The average molecular weight is 585 g/mol. The molecule has 0 radical (unpaired) electrons. The Morgan fingerprint density at radius 3 is 2.36 bits per heavy atom. The standard InChI is InChI=1S/C31H39F3N6O2/c1-20(24-16-22(32)5-6-26(24)31(2,33)34)42-28-15-21(18-37-30(28)35)25-19-36-29(17-27(25)41-4)40-9-7-23(8-10-40)39-13-11-38(3)12-14-39/h5-6,15-20,23H,7-14H2,1-4H3,(H2,35,37). The first-order valence-electron chi connectivity index (χ1n) is 14.4. The third kappa shape index (κ3) is 6.57. The zero-order valence-electron chi connectivity index (χ0n) is 24.6. The molecule has 1 atom stereocenters. The minimum Gasteiger partial charge on any atom is -0.496 e. The van der Waals surface area contributed by atoms with Crippen molar-refractivity contribution in [1.29, 1.82) is 0 Å². The number of piperidine rings is 1. The van der Waals surface area contributed by atoms with Gasteiger partial charge in [0.2, 0.25) is 0 Å². The molecule has 0 bridgehead atoms.